The van der Waals surface area contributed by atoms with Gasteiger partial charge in [0.2, 0.25) is 0 Å². The number of carbonyl (C=O) groups is 1. The standard InChI is InChI=1S/C21H18BrClN2O3/c1-13-18(20(26)28-12-11-14-7-9-15(22)10-8-14)19(25-21(24-13)27-2)16-5-3-4-6-17(16)23/h3-10H,11-12H2,1-2H3. The van der Waals surface area contributed by atoms with E-state index in [1.807, 2.05) is 36.4 Å². The fourth-order valence-corrected chi connectivity index (χ4v) is 3.21. The Kier molecular flexibility index (Phi) is 6.65. The molecule has 28 heavy (non-hydrogen) atoms. The van der Waals surface area contributed by atoms with Crippen molar-refractivity contribution in [3.8, 4) is 17.3 Å². The Hall–Kier alpha value is -2.44. The van der Waals surface area contributed by atoms with Crippen molar-refractivity contribution in [2.24, 2.45) is 0 Å². The molecule has 0 spiro atoms. The number of carbonyl (C=O) groups excluding carboxylic acids is 1. The normalized spacial score (nSPS) is 10.6. The Morgan fingerprint density at radius 2 is 1.82 bits per heavy atom. The molecule has 2 aromatic carbocycles. The molecular formula is C21H18BrClN2O3. The number of esters is 1. The van der Waals surface area contributed by atoms with Crippen LogP contribution < -0.4 is 4.74 Å². The average molecular weight is 462 g/mol. The number of rotatable bonds is 6. The van der Waals surface area contributed by atoms with Gasteiger partial charge >= 0.3 is 12.0 Å². The van der Waals surface area contributed by atoms with Crippen LogP contribution in [0.4, 0.5) is 0 Å². The van der Waals surface area contributed by atoms with E-state index in [2.05, 4.69) is 25.9 Å². The lowest BCUT2D eigenvalue weighted by molar-refractivity contribution is 0.0508. The Labute approximate surface area is 176 Å². The van der Waals surface area contributed by atoms with Gasteiger partial charge in [-0.15, -0.1) is 0 Å². The van der Waals surface area contributed by atoms with Gasteiger partial charge in [-0.25, -0.2) is 4.79 Å². The number of ether oxygens (including phenoxy) is 2. The molecule has 144 valence electrons. The third kappa shape index (κ3) is 4.69. The molecule has 1 heterocycles. The smallest absolute Gasteiger partial charge is 0.342 e. The van der Waals surface area contributed by atoms with Gasteiger partial charge in [0.25, 0.3) is 0 Å². The maximum atomic E-state index is 12.8. The van der Waals surface area contributed by atoms with Crippen molar-refractivity contribution in [1.82, 2.24) is 9.97 Å². The van der Waals surface area contributed by atoms with Gasteiger partial charge in [-0.2, -0.15) is 9.97 Å². The molecule has 0 unspecified atom stereocenters. The monoisotopic (exact) mass is 460 g/mol. The number of hydrogen-bond donors (Lipinski definition) is 0. The van der Waals surface area contributed by atoms with E-state index in [0.717, 1.165) is 10.0 Å². The van der Waals surface area contributed by atoms with Crippen LogP contribution in [0.2, 0.25) is 5.02 Å². The molecule has 5 nitrogen and oxygen atoms in total. The second kappa shape index (κ2) is 9.17. The molecule has 0 amide bonds. The number of aryl methyl sites for hydroxylation is 1. The van der Waals surface area contributed by atoms with Crippen LogP contribution in [0.3, 0.4) is 0 Å². The maximum Gasteiger partial charge on any atom is 0.342 e. The lowest BCUT2D eigenvalue weighted by atomic mass is 10.0. The third-order valence-corrected chi connectivity index (χ3v) is 4.98. The predicted molar refractivity (Wildman–Crippen MR) is 112 cm³/mol. The van der Waals surface area contributed by atoms with Gasteiger partial charge in [0.1, 0.15) is 5.56 Å². The first kappa shape index (κ1) is 20.3. The van der Waals surface area contributed by atoms with Crippen molar-refractivity contribution in [2.75, 3.05) is 13.7 Å². The van der Waals surface area contributed by atoms with E-state index in [9.17, 15) is 4.79 Å². The van der Waals surface area contributed by atoms with Gasteiger partial charge in [0, 0.05) is 21.5 Å². The number of halogens is 2. The molecule has 0 N–H and O–H groups in total. The number of hydrogen-bond acceptors (Lipinski definition) is 5. The minimum Gasteiger partial charge on any atom is -0.467 e. The van der Waals surface area contributed by atoms with E-state index in [0.29, 0.717) is 28.4 Å². The molecule has 7 heteroatoms. The van der Waals surface area contributed by atoms with Crippen LogP contribution in [0.15, 0.2) is 53.0 Å². The molecule has 0 fully saturated rings. The Balaban J connectivity index is 1.86. The molecule has 0 aliphatic carbocycles. The fraction of sp³-hybridized carbons (Fsp3) is 0.190. The van der Waals surface area contributed by atoms with Gasteiger partial charge in [-0.1, -0.05) is 57.9 Å². The van der Waals surface area contributed by atoms with Gasteiger partial charge in [0.05, 0.1) is 25.1 Å². The summed E-state index contributed by atoms with van der Waals surface area (Å²) in [5, 5.41) is 0.478. The summed E-state index contributed by atoms with van der Waals surface area (Å²) in [4.78, 5) is 21.4. The zero-order valence-corrected chi connectivity index (χ0v) is 17.8. The number of nitrogens with zero attached hydrogens (tertiary/aromatic N) is 2. The Morgan fingerprint density at radius 1 is 1.11 bits per heavy atom. The maximum absolute atomic E-state index is 12.8. The van der Waals surface area contributed by atoms with Crippen LogP contribution in [-0.4, -0.2) is 29.7 Å². The van der Waals surface area contributed by atoms with Crippen molar-refractivity contribution in [1.29, 1.82) is 0 Å². The summed E-state index contributed by atoms with van der Waals surface area (Å²) in [6.07, 6.45) is 0.608. The molecule has 1 aromatic heterocycles. The first-order valence-corrected chi connectivity index (χ1v) is 9.75. The highest BCUT2D eigenvalue weighted by atomic mass is 79.9. The average Bonchev–Trinajstić information content (AvgIpc) is 2.69. The van der Waals surface area contributed by atoms with E-state index < -0.39 is 5.97 Å². The summed E-state index contributed by atoms with van der Waals surface area (Å²) < 4.78 is 11.7. The molecule has 0 saturated carbocycles. The lowest BCUT2D eigenvalue weighted by Gasteiger charge is -2.13. The van der Waals surface area contributed by atoms with Gasteiger partial charge < -0.3 is 9.47 Å². The topological polar surface area (TPSA) is 61.3 Å². The quantitative estimate of drug-likeness (QED) is 0.468. The second-order valence-corrected chi connectivity index (χ2v) is 7.33. The highest BCUT2D eigenvalue weighted by Crippen LogP contribution is 2.31. The second-order valence-electron chi connectivity index (χ2n) is 6.01. The number of methoxy groups -OCH3 is 1. The van der Waals surface area contributed by atoms with Gasteiger partial charge in [0.15, 0.2) is 0 Å². The molecule has 0 bridgehead atoms. The molecular weight excluding hydrogens is 444 g/mol. The predicted octanol–water partition coefficient (Wildman–Crippen LogP) is 5.28. The van der Waals surface area contributed by atoms with Crippen molar-refractivity contribution in [2.45, 2.75) is 13.3 Å². The van der Waals surface area contributed by atoms with Crippen molar-refractivity contribution in [3.63, 3.8) is 0 Å². The first-order chi connectivity index (χ1) is 13.5. The summed E-state index contributed by atoms with van der Waals surface area (Å²) >= 11 is 9.73. The van der Waals surface area contributed by atoms with Crippen LogP contribution in [0.1, 0.15) is 21.6 Å². The van der Waals surface area contributed by atoms with E-state index in [4.69, 9.17) is 21.1 Å². The highest BCUT2D eigenvalue weighted by molar-refractivity contribution is 9.10. The van der Waals surface area contributed by atoms with Crippen molar-refractivity contribution >= 4 is 33.5 Å². The first-order valence-electron chi connectivity index (χ1n) is 8.58. The fourth-order valence-electron chi connectivity index (χ4n) is 2.72. The Morgan fingerprint density at radius 3 is 2.50 bits per heavy atom. The van der Waals surface area contributed by atoms with E-state index in [-0.39, 0.29) is 18.2 Å². The summed E-state index contributed by atoms with van der Waals surface area (Å²) in [6.45, 7) is 1.96. The molecule has 0 aliphatic heterocycles. The zero-order valence-electron chi connectivity index (χ0n) is 15.4. The highest BCUT2D eigenvalue weighted by Gasteiger charge is 2.23. The number of aromatic nitrogens is 2. The summed E-state index contributed by atoms with van der Waals surface area (Å²) in [6, 6.07) is 15.2. The summed E-state index contributed by atoms with van der Waals surface area (Å²) in [7, 11) is 1.47. The van der Waals surface area contributed by atoms with Crippen LogP contribution in [-0.2, 0) is 11.2 Å². The lowest BCUT2D eigenvalue weighted by Crippen LogP contribution is -2.14. The molecule has 0 radical (unpaired) electrons. The van der Waals surface area contributed by atoms with Crippen LogP contribution in [0, 0.1) is 6.92 Å². The Bertz CT molecular complexity index is 993. The minimum absolute atomic E-state index is 0.166. The minimum atomic E-state index is -0.493. The SMILES string of the molecule is COc1nc(C)c(C(=O)OCCc2ccc(Br)cc2)c(-c2ccccc2Cl)n1. The van der Waals surface area contributed by atoms with Crippen molar-refractivity contribution < 1.29 is 14.3 Å². The van der Waals surface area contributed by atoms with Crippen LogP contribution >= 0.6 is 27.5 Å². The third-order valence-electron chi connectivity index (χ3n) is 4.12. The van der Waals surface area contributed by atoms with Gasteiger partial charge in [-0.05, 0) is 30.7 Å². The summed E-state index contributed by atoms with van der Waals surface area (Å²) in [5.41, 5.74) is 2.83. The largest absolute Gasteiger partial charge is 0.467 e. The molecule has 0 aliphatic rings. The van der Waals surface area contributed by atoms with Gasteiger partial charge in [-0.3, -0.25) is 0 Å². The molecule has 3 rings (SSSR count). The van der Waals surface area contributed by atoms with Crippen molar-refractivity contribution in [3.05, 3.63) is 74.8 Å². The molecule has 3 aromatic rings. The van der Waals surface area contributed by atoms with E-state index in [1.165, 1.54) is 7.11 Å². The molecule has 0 atom stereocenters. The van der Waals surface area contributed by atoms with Crippen LogP contribution in [0.5, 0.6) is 6.01 Å². The zero-order chi connectivity index (χ0) is 20.1. The van der Waals surface area contributed by atoms with Crippen LogP contribution in [0.25, 0.3) is 11.3 Å². The van der Waals surface area contributed by atoms with E-state index >= 15 is 0 Å². The van der Waals surface area contributed by atoms with E-state index in [1.54, 1.807) is 19.1 Å². The molecule has 0 saturated heterocycles. The summed E-state index contributed by atoms with van der Waals surface area (Å²) in [5.74, 6) is -0.493. The number of benzene rings is 2.